The van der Waals surface area contributed by atoms with Crippen LogP contribution in [0, 0.1) is 5.92 Å². The van der Waals surface area contributed by atoms with Gasteiger partial charge in [-0.3, -0.25) is 4.68 Å². The second kappa shape index (κ2) is 26.7. The van der Waals surface area contributed by atoms with Crippen LogP contribution in [0.2, 0.25) is 0 Å². The summed E-state index contributed by atoms with van der Waals surface area (Å²) >= 11 is 0. The number of hydrogen-bond acceptors (Lipinski definition) is 3. The third-order valence-electron chi connectivity index (χ3n) is 8.13. The topological polar surface area (TPSA) is 50.9 Å². The van der Waals surface area contributed by atoms with E-state index in [1.807, 2.05) is 10.9 Å². The highest BCUT2D eigenvalue weighted by molar-refractivity contribution is 4.89. The van der Waals surface area contributed by atoms with Crippen LogP contribution in [0.4, 0.5) is 0 Å². The van der Waals surface area contributed by atoms with Crippen LogP contribution in [0.3, 0.4) is 0 Å². The van der Waals surface area contributed by atoms with Crippen LogP contribution in [0.25, 0.3) is 0 Å². The summed E-state index contributed by atoms with van der Waals surface area (Å²) in [5.74, 6) is 0.694. The van der Waals surface area contributed by atoms with E-state index in [0.29, 0.717) is 11.6 Å². The Labute approximate surface area is 231 Å². The molecule has 1 aromatic rings. The third-order valence-corrected chi connectivity index (χ3v) is 8.13. The third kappa shape index (κ3) is 21.7. The zero-order valence-corrected chi connectivity index (χ0v) is 25.2. The van der Waals surface area contributed by atoms with Crippen molar-refractivity contribution >= 4 is 0 Å². The van der Waals surface area contributed by atoms with E-state index in [9.17, 15) is 5.11 Å². The fourth-order valence-corrected chi connectivity index (χ4v) is 5.64. The standard InChI is InChI=1S/C33H65N3O/c1-3-5-7-9-11-13-15-17-19-21-23-25-27-32(29-36-30-33(31-37)34-35-36)28-26-24-22-20-18-16-14-12-10-8-6-4-2/h30,32,37H,3-29,31H2,1-2H3. The number of rotatable bonds is 29. The van der Waals surface area contributed by atoms with Crippen LogP contribution in [-0.4, -0.2) is 20.1 Å². The Bertz CT molecular complexity index is 546. The average molecular weight is 520 g/mol. The largest absolute Gasteiger partial charge is 0.390 e. The molecule has 0 aliphatic heterocycles. The van der Waals surface area contributed by atoms with Gasteiger partial charge in [0.1, 0.15) is 5.69 Å². The lowest BCUT2D eigenvalue weighted by atomic mass is 9.94. The average Bonchev–Trinajstić information content (AvgIpc) is 3.37. The van der Waals surface area contributed by atoms with Crippen LogP contribution in [-0.2, 0) is 13.2 Å². The van der Waals surface area contributed by atoms with Gasteiger partial charge in [0.05, 0.1) is 12.8 Å². The van der Waals surface area contributed by atoms with Crippen molar-refractivity contribution < 1.29 is 5.11 Å². The van der Waals surface area contributed by atoms with Crippen molar-refractivity contribution in [3.63, 3.8) is 0 Å². The summed E-state index contributed by atoms with van der Waals surface area (Å²) in [7, 11) is 0. The maximum Gasteiger partial charge on any atom is 0.108 e. The minimum absolute atomic E-state index is 0.0118. The molecule has 0 aliphatic carbocycles. The molecule has 37 heavy (non-hydrogen) atoms. The highest BCUT2D eigenvalue weighted by Gasteiger charge is 2.11. The van der Waals surface area contributed by atoms with E-state index in [4.69, 9.17) is 0 Å². The van der Waals surface area contributed by atoms with Crippen molar-refractivity contribution in [2.75, 3.05) is 0 Å². The van der Waals surface area contributed by atoms with Crippen molar-refractivity contribution in [1.29, 1.82) is 0 Å². The molecule has 0 saturated heterocycles. The summed E-state index contributed by atoms with van der Waals surface area (Å²) in [6, 6.07) is 0. The molecule has 4 heteroatoms. The molecule has 0 spiro atoms. The van der Waals surface area contributed by atoms with Gasteiger partial charge in [0.25, 0.3) is 0 Å². The molecule has 1 rings (SSSR count). The first-order valence-corrected chi connectivity index (χ1v) is 16.8. The normalized spacial score (nSPS) is 11.7. The maximum absolute atomic E-state index is 9.32. The molecule has 0 bridgehead atoms. The van der Waals surface area contributed by atoms with Gasteiger partial charge in [0.15, 0.2) is 0 Å². The molecule has 0 aliphatic rings. The lowest BCUT2D eigenvalue weighted by molar-refractivity contribution is 0.276. The van der Waals surface area contributed by atoms with Crippen LogP contribution < -0.4 is 0 Å². The molecule has 0 radical (unpaired) electrons. The van der Waals surface area contributed by atoms with Crippen LogP contribution in [0.15, 0.2) is 6.20 Å². The van der Waals surface area contributed by atoms with E-state index >= 15 is 0 Å². The summed E-state index contributed by atoms with van der Waals surface area (Å²) in [6.07, 6.45) is 38.5. The van der Waals surface area contributed by atoms with Gasteiger partial charge in [-0.25, -0.2) is 0 Å². The molecule has 1 heterocycles. The highest BCUT2D eigenvalue weighted by Crippen LogP contribution is 2.21. The first-order valence-electron chi connectivity index (χ1n) is 16.8. The van der Waals surface area contributed by atoms with Gasteiger partial charge in [-0.1, -0.05) is 173 Å². The molecule has 0 aromatic carbocycles. The number of nitrogens with zero attached hydrogens (tertiary/aromatic N) is 3. The second-order valence-electron chi connectivity index (χ2n) is 11.8. The smallest absolute Gasteiger partial charge is 0.108 e. The highest BCUT2D eigenvalue weighted by atomic mass is 16.3. The molecule has 0 amide bonds. The van der Waals surface area contributed by atoms with Gasteiger partial charge < -0.3 is 5.11 Å². The molecule has 4 nitrogen and oxygen atoms in total. The Balaban J connectivity index is 2.11. The first kappa shape index (κ1) is 34.1. The quantitative estimate of drug-likeness (QED) is 0.107. The molecule has 1 aromatic heterocycles. The van der Waals surface area contributed by atoms with E-state index < -0.39 is 0 Å². The van der Waals surface area contributed by atoms with E-state index in [-0.39, 0.29) is 6.61 Å². The Kier molecular flexibility index (Phi) is 24.6. The fourth-order valence-electron chi connectivity index (χ4n) is 5.64. The van der Waals surface area contributed by atoms with Crippen LogP contribution in [0.1, 0.15) is 186 Å². The van der Waals surface area contributed by atoms with E-state index in [0.717, 1.165) is 6.54 Å². The molecule has 0 atom stereocenters. The minimum atomic E-state index is -0.0118. The SMILES string of the molecule is CCCCCCCCCCCCCCC(CCCCCCCCCCCCCC)Cn1cc(CO)nn1. The van der Waals surface area contributed by atoms with Gasteiger partial charge in [-0.2, -0.15) is 0 Å². The number of aliphatic hydroxyl groups excluding tert-OH is 1. The lowest BCUT2D eigenvalue weighted by Gasteiger charge is -2.17. The van der Waals surface area contributed by atoms with Crippen molar-refractivity contribution in [3.8, 4) is 0 Å². The summed E-state index contributed by atoms with van der Waals surface area (Å²) in [5, 5.41) is 17.7. The Hall–Kier alpha value is -0.900. The summed E-state index contributed by atoms with van der Waals surface area (Å²) in [5.41, 5.74) is 0.689. The van der Waals surface area contributed by atoms with Gasteiger partial charge in [-0.15, -0.1) is 5.10 Å². The van der Waals surface area contributed by atoms with Crippen LogP contribution in [0.5, 0.6) is 0 Å². The lowest BCUT2D eigenvalue weighted by Crippen LogP contribution is -2.12. The number of aliphatic hydroxyl groups is 1. The zero-order valence-electron chi connectivity index (χ0n) is 25.2. The zero-order chi connectivity index (χ0) is 26.7. The van der Waals surface area contributed by atoms with E-state index in [2.05, 4.69) is 24.2 Å². The maximum atomic E-state index is 9.32. The second-order valence-corrected chi connectivity index (χ2v) is 11.8. The van der Waals surface area contributed by atoms with Crippen molar-refractivity contribution in [3.05, 3.63) is 11.9 Å². The monoisotopic (exact) mass is 520 g/mol. The Morgan fingerprint density at radius 3 is 1.24 bits per heavy atom. The van der Waals surface area contributed by atoms with Gasteiger partial charge in [-0.05, 0) is 18.8 Å². The fraction of sp³-hybridized carbons (Fsp3) is 0.939. The Morgan fingerprint density at radius 1 is 0.568 bits per heavy atom. The van der Waals surface area contributed by atoms with Crippen molar-refractivity contribution in [2.24, 2.45) is 5.92 Å². The summed E-state index contributed by atoms with van der Waals surface area (Å²) in [4.78, 5) is 0. The minimum Gasteiger partial charge on any atom is -0.390 e. The Morgan fingerprint density at radius 2 is 0.919 bits per heavy atom. The van der Waals surface area contributed by atoms with Gasteiger partial charge in [0.2, 0.25) is 0 Å². The van der Waals surface area contributed by atoms with Crippen molar-refractivity contribution in [2.45, 2.75) is 194 Å². The molecule has 0 fully saturated rings. The predicted molar refractivity (Wildman–Crippen MR) is 161 cm³/mol. The summed E-state index contributed by atoms with van der Waals surface area (Å²) < 4.78 is 1.97. The molecule has 0 unspecified atom stereocenters. The molecular weight excluding hydrogens is 454 g/mol. The van der Waals surface area contributed by atoms with E-state index in [1.54, 1.807) is 0 Å². The number of aromatic nitrogens is 3. The van der Waals surface area contributed by atoms with Gasteiger partial charge >= 0.3 is 0 Å². The molecular formula is C33H65N3O. The predicted octanol–water partition coefficient (Wildman–Crippen LogP) is 10.6. The molecule has 218 valence electrons. The summed E-state index contributed by atoms with van der Waals surface area (Å²) in [6.45, 7) is 5.54. The number of unbranched alkanes of at least 4 members (excludes halogenated alkanes) is 22. The first-order chi connectivity index (χ1) is 18.3. The van der Waals surface area contributed by atoms with Crippen LogP contribution >= 0.6 is 0 Å². The molecule has 0 saturated carbocycles. The van der Waals surface area contributed by atoms with E-state index in [1.165, 1.54) is 167 Å². The molecule has 1 N–H and O–H groups in total. The van der Waals surface area contributed by atoms with Crippen molar-refractivity contribution in [1.82, 2.24) is 15.0 Å². The van der Waals surface area contributed by atoms with Gasteiger partial charge in [0, 0.05) is 6.54 Å². The number of hydrogen-bond donors (Lipinski definition) is 1.